The summed E-state index contributed by atoms with van der Waals surface area (Å²) in [6.07, 6.45) is 1.54. The predicted molar refractivity (Wildman–Crippen MR) is 112 cm³/mol. The molecule has 3 aromatic carbocycles. The molecule has 0 aromatic heterocycles. The number of ether oxygens (including phenoxy) is 1. The average molecular weight is 399 g/mol. The topological polar surface area (TPSA) is 89.5 Å². The van der Waals surface area contributed by atoms with Crippen LogP contribution in [0.3, 0.4) is 0 Å². The molecule has 1 aliphatic rings. The maximum Gasteiger partial charge on any atom is 0.205 e. The number of phenolic OH excluding ortho intramolecular Hbond substituents is 1. The number of hydrogen-bond acceptors (Lipinski definition) is 5. The summed E-state index contributed by atoms with van der Waals surface area (Å²) in [6, 6.07) is 18.7. The molecule has 2 unspecified atom stereocenters. The molecule has 0 saturated heterocycles. The molecule has 0 bridgehead atoms. The second-order valence-electron chi connectivity index (χ2n) is 7.10. The SMILES string of the molecule is Cc1ccccc1N=Cc1cc2c(cc1O)OC(=N)C(C#N)C2c1cccc(F)c1. The lowest BCUT2D eigenvalue weighted by atomic mass is 9.78. The Morgan fingerprint density at radius 2 is 1.97 bits per heavy atom. The van der Waals surface area contributed by atoms with Crippen LogP contribution < -0.4 is 4.74 Å². The van der Waals surface area contributed by atoms with E-state index in [2.05, 4.69) is 11.1 Å². The van der Waals surface area contributed by atoms with Gasteiger partial charge in [0.25, 0.3) is 0 Å². The van der Waals surface area contributed by atoms with Crippen molar-refractivity contribution in [3.05, 3.63) is 88.7 Å². The van der Waals surface area contributed by atoms with E-state index in [4.69, 9.17) is 10.1 Å². The van der Waals surface area contributed by atoms with Gasteiger partial charge in [-0.25, -0.2) is 4.39 Å². The van der Waals surface area contributed by atoms with E-state index in [-0.39, 0.29) is 17.4 Å². The van der Waals surface area contributed by atoms with Crippen LogP contribution in [0.5, 0.6) is 11.5 Å². The van der Waals surface area contributed by atoms with Crippen LogP contribution in [0, 0.1) is 35.4 Å². The van der Waals surface area contributed by atoms with Gasteiger partial charge in [0.1, 0.15) is 23.2 Å². The Labute approximate surface area is 173 Å². The number of phenols is 1. The molecule has 3 aromatic rings. The van der Waals surface area contributed by atoms with Gasteiger partial charge in [0.15, 0.2) is 0 Å². The summed E-state index contributed by atoms with van der Waals surface area (Å²) in [7, 11) is 0. The number of nitrogens with one attached hydrogen (secondary N) is 1. The minimum Gasteiger partial charge on any atom is -0.507 e. The van der Waals surface area contributed by atoms with Gasteiger partial charge in [-0.1, -0.05) is 30.3 Å². The molecule has 1 heterocycles. The molecule has 0 radical (unpaired) electrons. The van der Waals surface area contributed by atoms with Crippen LogP contribution in [0.25, 0.3) is 0 Å². The van der Waals surface area contributed by atoms with E-state index in [1.54, 1.807) is 24.4 Å². The minimum atomic E-state index is -0.912. The molecule has 30 heavy (non-hydrogen) atoms. The molecule has 0 spiro atoms. The molecule has 6 heteroatoms. The summed E-state index contributed by atoms with van der Waals surface area (Å²) >= 11 is 0. The van der Waals surface area contributed by atoms with Gasteiger partial charge in [0, 0.05) is 29.3 Å². The Morgan fingerprint density at radius 3 is 2.70 bits per heavy atom. The largest absolute Gasteiger partial charge is 0.507 e. The number of rotatable bonds is 3. The summed E-state index contributed by atoms with van der Waals surface area (Å²) in [5.41, 5.74) is 3.34. The number of benzene rings is 3. The van der Waals surface area contributed by atoms with Gasteiger partial charge in [0.2, 0.25) is 5.90 Å². The fourth-order valence-electron chi connectivity index (χ4n) is 3.60. The molecule has 1 aliphatic heterocycles. The number of nitriles is 1. The van der Waals surface area contributed by atoms with E-state index in [1.165, 1.54) is 18.2 Å². The van der Waals surface area contributed by atoms with Crippen LogP contribution in [0.1, 0.15) is 28.2 Å². The third-order valence-corrected chi connectivity index (χ3v) is 5.13. The zero-order chi connectivity index (χ0) is 21.3. The van der Waals surface area contributed by atoms with E-state index in [1.807, 2.05) is 31.2 Å². The van der Waals surface area contributed by atoms with Crippen LogP contribution >= 0.6 is 0 Å². The molecule has 4 rings (SSSR count). The molecule has 5 nitrogen and oxygen atoms in total. The van der Waals surface area contributed by atoms with Crippen molar-refractivity contribution in [1.29, 1.82) is 10.7 Å². The first kappa shape index (κ1) is 19.3. The highest BCUT2D eigenvalue weighted by Crippen LogP contribution is 2.44. The quantitative estimate of drug-likeness (QED) is 0.591. The standard InChI is InChI=1S/C24H18FN3O2/c1-14-5-2-3-8-20(14)28-13-16-10-18-22(11-21(16)29)30-24(27)19(12-26)23(18)15-6-4-7-17(25)9-15/h2-11,13,19,23,27,29H,1H3. The van der Waals surface area contributed by atoms with Gasteiger partial charge in [-0.15, -0.1) is 0 Å². The smallest absolute Gasteiger partial charge is 0.205 e. The second kappa shape index (κ2) is 7.80. The van der Waals surface area contributed by atoms with Gasteiger partial charge in [-0.05, 0) is 42.3 Å². The normalized spacial score (nSPS) is 18.0. The predicted octanol–water partition coefficient (Wildman–Crippen LogP) is 5.23. The summed E-state index contributed by atoms with van der Waals surface area (Å²) in [4.78, 5) is 4.46. The average Bonchev–Trinajstić information content (AvgIpc) is 2.72. The van der Waals surface area contributed by atoms with Crippen molar-refractivity contribution in [2.75, 3.05) is 0 Å². The van der Waals surface area contributed by atoms with Crippen LogP contribution in [0.4, 0.5) is 10.1 Å². The number of halogens is 1. The zero-order valence-corrected chi connectivity index (χ0v) is 16.1. The number of fused-ring (bicyclic) bond motifs is 1. The van der Waals surface area contributed by atoms with Crippen molar-refractivity contribution in [2.45, 2.75) is 12.8 Å². The summed E-state index contributed by atoms with van der Waals surface area (Å²) in [6.45, 7) is 1.94. The van der Waals surface area contributed by atoms with Gasteiger partial charge in [-0.3, -0.25) is 10.4 Å². The molecule has 2 N–H and O–H groups in total. The van der Waals surface area contributed by atoms with Crippen LogP contribution in [0.15, 0.2) is 65.7 Å². The summed E-state index contributed by atoms with van der Waals surface area (Å²) < 4.78 is 19.4. The molecule has 0 aliphatic carbocycles. The summed E-state index contributed by atoms with van der Waals surface area (Å²) in [5, 5.41) is 28.2. The van der Waals surface area contributed by atoms with Gasteiger partial charge >= 0.3 is 0 Å². The number of hydrogen-bond donors (Lipinski definition) is 2. The zero-order valence-electron chi connectivity index (χ0n) is 16.1. The Kier molecular flexibility index (Phi) is 5.03. The minimum absolute atomic E-state index is 0.0627. The van der Waals surface area contributed by atoms with E-state index >= 15 is 0 Å². The monoisotopic (exact) mass is 399 g/mol. The van der Waals surface area contributed by atoms with Crippen molar-refractivity contribution in [3.63, 3.8) is 0 Å². The highest BCUT2D eigenvalue weighted by molar-refractivity contribution is 5.89. The van der Waals surface area contributed by atoms with Crippen molar-refractivity contribution in [2.24, 2.45) is 10.9 Å². The Bertz CT molecular complexity index is 1210. The van der Waals surface area contributed by atoms with Crippen LogP contribution in [-0.2, 0) is 0 Å². The van der Waals surface area contributed by atoms with Crippen LogP contribution in [-0.4, -0.2) is 17.2 Å². The number of aromatic hydroxyl groups is 1. The van der Waals surface area contributed by atoms with Crippen molar-refractivity contribution < 1.29 is 14.2 Å². The molecule has 148 valence electrons. The lowest BCUT2D eigenvalue weighted by Gasteiger charge is -2.30. The Hall–Kier alpha value is -3.98. The molecular weight excluding hydrogens is 381 g/mol. The third kappa shape index (κ3) is 3.53. The fraction of sp³-hybridized carbons (Fsp3) is 0.125. The third-order valence-electron chi connectivity index (χ3n) is 5.13. The molecular formula is C24H18FN3O2. The molecule has 0 fully saturated rings. The van der Waals surface area contributed by atoms with Gasteiger partial charge < -0.3 is 9.84 Å². The number of para-hydroxylation sites is 1. The maximum atomic E-state index is 13.9. The van der Waals surface area contributed by atoms with Gasteiger partial charge in [0.05, 0.1) is 11.8 Å². The molecule has 0 saturated carbocycles. The number of aliphatic imine (C=N–C) groups is 1. The van der Waals surface area contributed by atoms with E-state index in [0.29, 0.717) is 16.7 Å². The van der Waals surface area contributed by atoms with E-state index in [9.17, 15) is 14.8 Å². The second-order valence-corrected chi connectivity index (χ2v) is 7.10. The van der Waals surface area contributed by atoms with E-state index < -0.39 is 17.7 Å². The van der Waals surface area contributed by atoms with E-state index in [0.717, 1.165) is 11.3 Å². The lowest BCUT2D eigenvalue weighted by molar-refractivity contribution is 0.435. The maximum absolute atomic E-state index is 13.9. The number of aryl methyl sites for hydroxylation is 1. The summed E-state index contributed by atoms with van der Waals surface area (Å²) in [5.74, 6) is -1.97. The highest BCUT2D eigenvalue weighted by Gasteiger charge is 2.37. The first-order valence-electron chi connectivity index (χ1n) is 9.36. The van der Waals surface area contributed by atoms with Crippen molar-refractivity contribution in [3.8, 4) is 17.6 Å². The van der Waals surface area contributed by atoms with Crippen molar-refractivity contribution in [1.82, 2.24) is 0 Å². The Morgan fingerprint density at radius 1 is 1.17 bits per heavy atom. The first-order chi connectivity index (χ1) is 14.5. The first-order valence-corrected chi connectivity index (χ1v) is 9.36. The van der Waals surface area contributed by atoms with Crippen LogP contribution in [0.2, 0.25) is 0 Å². The lowest BCUT2D eigenvalue weighted by Crippen LogP contribution is -2.31. The highest BCUT2D eigenvalue weighted by atomic mass is 19.1. The fourth-order valence-corrected chi connectivity index (χ4v) is 3.60. The van der Waals surface area contributed by atoms with Gasteiger partial charge in [-0.2, -0.15) is 5.26 Å². The molecule has 0 amide bonds. The molecule has 2 atom stereocenters. The number of nitrogens with zero attached hydrogens (tertiary/aromatic N) is 2. The Balaban J connectivity index is 1.84. The van der Waals surface area contributed by atoms with Crippen molar-refractivity contribution >= 4 is 17.8 Å².